The van der Waals surface area contributed by atoms with E-state index in [0.717, 1.165) is 17.4 Å². The Morgan fingerprint density at radius 3 is 2.27 bits per heavy atom. The summed E-state index contributed by atoms with van der Waals surface area (Å²) >= 11 is 0. The molecule has 1 nitrogen and oxygen atoms in total. The van der Waals surface area contributed by atoms with E-state index in [1.165, 1.54) is 0 Å². The summed E-state index contributed by atoms with van der Waals surface area (Å²) in [5.41, 5.74) is 4.90. The normalized spacial score (nSPS) is 11.2. The summed E-state index contributed by atoms with van der Waals surface area (Å²) in [6.07, 6.45) is 2.61. The molecule has 0 aliphatic rings. The van der Waals surface area contributed by atoms with E-state index in [4.69, 9.17) is 0 Å². The topological polar surface area (TPSA) is 17.1 Å². The molecule has 1 atom stereocenters. The molecule has 0 saturated heterocycles. The van der Waals surface area contributed by atoms with Crippen LogP contribution in [0.15, 0.2) is 29.5 Å². The predicted molar refractivity (Wildman–Crippen MR) is 47.3 cm³/mol. The lowest BCUT2D eigenvalue weighted by Gasteiger charge is -1.99. The van der Waals surface area contributed by atoms with Crippen molar-refractivity contribution in [3.8, 4) is 0 Å². The van der Waals surface area contributed by atoms with Gasteiger partial charge in [-0.1, -0.05) is 12.2 Å². The van der Waals surface area contributed by atoms with E-state index in [1.54, 1.807) is 6.08 Å². The fourth-order valence-electron chi connectivity index (χ4n) is 0.554. The predicted octanol–water partition coefficient (Wildman–Crippen LogP) is 2.50. The molecule has 0 fully saturated rings. The van der Waals surface area contributed by atoms with Crippen molar-refractivity contribution in [2.75, 3.05) is 0 Å². The summed E-state index contributed by atoms with van der Waals surface area (Å²) in [5.74, 6) is -0.176. The van der Waals surface area contributed by atoms with Crippen molar-refractivity contribution in [2.45, 2.75) is 20.8 Å². The molecule has 11 heavy (non-hydrogen) atoms. The minimum atomic E-state index is -0.176. The van der Waals surface area contributed by atoms with E-state index in [9.17, 15) is 4.79 Å². The van der Waals surface area contributed by atoms with Crippen LogP contribution in [-0.4, -0.2) is 6.29 Å². The molecule has 0 heterocycles. The minimum absolute atomic E-state index is 0.176. The summed E-state index contributed by atoms with van der Waals surface area (Å²) in [5, 5.41) is 0. The fraction of sp³-hybridized carbons (Fsp3) is 0.400. The molecule has 0 spiro atoms. The third-order valence-corrected chi connectivity index (χ3v) is 1.27. The average Bonchev–Trinajstić information content (AvgIpc) is 1.87. The molecule has 0 radical (unpaired) electrons. The lowest BCUT2D eigenvalue weighted by molar-refractivity contribution is -0.109. The van der Waals surface area contributed by atoms with Crippen molar-refractivity contribution in [3.05, 3.63) is 29.5 Å². The van der Waals surface area contributed by atoms with Gasteiger partial charge in [-0.2, -0.15) is 0 Å². The van der Waals surface area contributed by atoms with Gasteiger partial charge in [0.25, 0.3) is 0 Å². The van der Waals surface area contributed by atoms with Crippen molar-refractivity contribution in [1.29, 1.82) is 0 Å². The highest BCUT2D eigenvalue weighted by Gasteiger charge is 2.00. The first-order chi connectivity index (χ1) is 5.07. The molecule has 0 saturated carbocycles. The number of aldehydes is 1. The first-order valence-electron chi connectivity index (χ1n) is 3.58. The third-order valence-electron chi connectivity index (χ3n) is 1.27. The maximum absolute atomic E-state index is 10.4. The van der Waals surface area contributed by atoms with Crippen molar-refractivity contribution in [1.82, 2.24) is 0 Å². The SMILES string of the molecule is C=C(C)C(C=O)C=C=C(C)C. The van der Waals surface area contributed by atoms with Gasteiger partial charge in [0.15, 0.2) is 0 Å². The first-order valence-corrected chi connectivity index (χ1v) is 3.58. The van der Waals surface area contributed by atoms with E-state index in [-0.39, 0.29) is 5.92 Å². The Kier molecular flexibility index (Phi) is 4.24. The number of carbonyl (C=O) groups is 1. The lowest BCUT2D eigenvalue weighted by Crippen LogP contribution is -1.96. The Hall–Kier alpha value is -1.07. The molecular formula is C10H14O. The smallest absolute Gasteiger partial charge is 0.131 e. The maximum atomic E-state index is 10.4. The van der Waals surface area contributed by atoms with Crippen LogP contribution in [0, 0.1) is 5.92 Å². The first kappa shape index (κ1) is 9.93. The van der Waals surface area contributed by atoms with Crippen LogP contribution in [0.25, 0.3) is 0 Å². The van der Waals surface area contributed by atoms with Gasteiger partial charge in [-0.05, 0) is 32.4 Å². The molecule has 0 aromatic rings. The molecule has 60 valence electrons. The van der Waals surface area contributed by atoms with Crippen LogP contribution in [0.5, 0.6) is 0 Å². The van der Waals surface area contributed by atoms with E-state index < -0.39 is 0 Å². The Bertz CT molecular complexity index is 213. The van der Waals surface area contributed by atoms with Crippen molar-refractivity contribution in [2.24, 2.45) is 5.92 Å². The van der Waals surface area contributed by atoms with Crippen molar-refractivity contribution < 1.29 is 4.79 Å². The summed E-state index contributed by atoms with van der Waals surface area (Å²) in [7, 11) is 0. The van der Waals surface area contributed by atoms with Crippen LogP contribution in [0.1, 0.15) is 20.8 Å². The minimum Gasteiger partial charge on any atom is -0.302 e. The van der Waals surface area contributed by atoms with Gasteiger partial charge >= 0.3 is 0 Å². The van der Waals surface area contributed by atoms with E-state index >= 15 is 0 Å². The van der Waals surface area contributed by atoms with Gasteiger partial charge in [0, 0.05) is 0 Å². The molecule has 0 aromatic heterocycles. The Labute approximate surface area is 68.1 Å². The highest BCUT2D eigenvalue weighted by Crippen LogP contribution is 2.05. The zero-order valence-corrected chi connectivity index (χ0v) is 7.35. The zero-order chi connectivity index (χ0) is 8.85. The van der Waals surface area contributed by atoms with Crippen LogP contribution in [0.2, 0.25) is 0 Å². The van der Waals surface area contributed by atoms with Gasteiger partial charge in [-0.15, -0.1) is 5.73 Å². The number of hydrogen-bond donors (Lipinski definition) is 0. The molecule has 1 heteroatoms. The molecule has 1 unspecified atom stereocenters. The summed E-state index contributed by atoms with van der Waals surface area (Å²) < 4.78 is 0. The number of allylic oxidation sites excluding steroid dienone is 2. The van der Waals surface area contributed by atoms with Gasteiger partial charge in [0.05, 0.1) is 5.92 Å². The maximum Gasteiger partial charge on any atom is 0.131 e. The highest BCUT2D eigenvalue weighted by atomic mass is 16.1. The number of hydrogen-bond acceptors (Lipinski definition) is 1. The second-order valence-corrected chi connectivity index (χ2v) is 2.82. The molecule has 0 aliphatic heterocycles. The van der Waals surface area contributed by atoms with Crippen LogP contribution < -0.4 is 0 Å². The van der Waals surface area contributed by atoms with Crippen molar-refractivity contribution in [3.63, 3.8) is 0 Å². The van der Waals surface area contributed by atoms with Gasteiger partial charge in [0.2, 0.25) is 0 Å². The van der Waals surface area contributed by atoms with Crippen molar-refractivity contribution >= 4 is 6.29 Å². The lowest BCUT2D eigenvalue weighted by atomic mass is 10.0. The Morgan fingerprint density at radius 1 is 1.45 bits per heavy atom. The van der Waals surface area contributed by atoms with Crippen LogP contribution >= 0.6 is 0 Å². The summed E-state index contributed by atoms with van der Waals surface area (Å²) in [4.78, 5) is 10.4. The van der Waals surface area contributed by atoms with Gasteiger partial charge < -0.3 is 4.79 Å². The third kappa shape index (κ3) is 4.35. The Balaban J connectivity index is 4.44. The number of rotatable bonds is 3. The molecule has 0 amide bonds. The molecule has 0 bridgehead atoms. The second kappa shape index (κ2) is 4.70. The van der Waals surface area contributed by atoms with Crippen LogP contribution in [0.3, 0.4) is 0 Å². The summed E-state index contributed by atoms with van der Waals surface area (Å²) in [6.45, 7) is 9.41. The average molecular weight is 150 g/mol. The molecular weight excluding hydrogens is 136 g/mol. The van der Waals surface area contributed by atoms with E-state index in [0.29, 0.717) is 0 Å². The molecule has 0 aliphatic carbocycles. The van der Waals surface area contributed by atoms with Crippen LogP contribution in [0.4, 0.5) is 0 Å². The van der Waals surface area contributed by atoms with Crippen LogP contribution in [-0.2, 0) is 4.79 Å². The Morgan fingerprint density at radius 2 is 2.00 bits per heavy atom. The molecule has 0 N–H and O–H groups in total. The second-order valence-electron chi connectivity index (χ2n) is 2.82. The molecule has 0 aromatic carbocycles. The molecule has 0 rings (SSSR count). The zero-order valence-electron chi connectivity index (χ0n) is 7.35. The number of carbonyl (C=O) groups excluding carboxylic acids is 1. The van der Waals surface area contributed by atoms with E-state index in [2.05, 4.69) is 12.3 Å². The fourth-order valence-corrected chi connectivity index (χ4v) is 0.554. The highest BCUT2D eigenvalue weighted by molar-refractivity contribution is 5.61. The largest absolute Gasteiger partial charge is 0.302 e. The van der Waals surface area contributed by atoms with Gasteiger partial charge in [-0.25, -0.2) is 0 Å². The van der Waals surface area contributed by atoms with Gasteiger partial charge in [0.1, 0.15) is 6.29 Å². The van der Waals surface area contributed by atoms with E-state index in [1.807, 2.05) is 20.8 Å². The van der Waals surface area contributed by atoms with Gasteiger partial charge in [-0.3, -0.25) is 0 Å². The monoisotopic (exact) mass is 150 g/mol. The standard InChI is InChI=1S/C10H14O/c1-8(2)5-6-10(7-11)9(3)4/h6-7,10H,3H2,1-2,4H3. The quantitative estimate of drug-likeness (QED) is 0.343. The summed E-state index contributed by atoms with van der Waals surface area (Å²) in [6, 6.07) is 0.